The van der Waals surface area contributed by atoms with Crippen LogP contribution in [0.15, 0.2) is 28.8 Å². The van der Waals surface area contributed by atoms with E-state index in [-0.39, 0.29) is 4.99 Å². The van der Waals surface area contributed by atoms with E-state index < -0.39 is 0 Å². The topological polar surface area (TPSA) is 77.0 Å². The van der Waals surface area contributed by atoms with Crippen LogP contribution in [0.4, 0.5) is 5.82 Å². The van der Waals surface area contributed by atoms with Crippen molar-refractivity contribution in [3.8, 4) is 0 Å². The van der Waals surface area contributed by atoms with Crippen molar-refractivity contribution >= 4 is 23.0 Å². The molecule has 5 nitrogen and oxygen atoms in total. The molecule has 0 aliphatic carbocycles. The van der Waals surface area contributed by atoms with Crippen molar-refractivity contribution in [2.45, 2.75) is 19.9 Å². The van der Waals surface area contributed by atoms with Crippen LogP contribution in [-0.4, -0.2) is 15.0 Å². The molecule has 6 heteroatoms. The Balaban J connectivity index is 2.01. The number of pyridine rings is 1. The standard InChI is InChI=1S/C12H14N4OS/c1-2-8-6-15-11(17-8)7-14-10-5-3-4-9(16-10)12(13)18/h3-6H,2,7H2,1H3,(H2,13,18)(H,14,16). The van der Waals surface area contributed by atoms with Gasteiger partial charge >= 0.3 is 0 Å². The van der Waals surface area contributed by atoms with E-state index in [1.54, 1.807) is 12.3 Å². The summed E-state index contributed by atoms with van der Waals surface area (Å²) in [6.45, 7) is 2.50. The molecule has 0 aliphatic heterocycles. The Kier molecular flexibility index (Phi) is 3.88. The molecule has 0 saturated heterocycles. The second kappa shape index (κ2) is 5.59. The van der Waals surface area contributed by atoms with Crippen LogP contribution in [0.1, 0.15) is 24.3 Å². The van der Waals surface area contributed by atoms with Gasteiger partial charge in [-0.3, -0.25) is 0 Å². The summed E-state index contributed by atoms with van der Waals surface area (Å²) in [6, 6.07) is 5.45. The number of nitrogens with one attached hydrogen (secondary N) is 1. The van der Waals surface area contributed by atoms with E-state index in [2.05, 4.69) is 15.3 Å². The fourth-order valence-corrected chi connectivity index (χ4v) is 1.54. The molecule has 0 aliphatic rings. The first-order chi connectivity index (χ1) is 8.69. The summed E-state index contributed by atoms with van der Waals surface area (Å²) in [4.78, 5) is 8.70. The summed E-state index contributed by atoms with van der Waals surface area (Å²) in [6.07, 6.45) is 2.57. The van der Waals surface area contributed by atoms with Crippen LogP contribution < -0.4 is 11.1 Å². The monoisotopic (exact) mass is 262 g/mol. The molecule has 0 saturated carbocycles. The number of thiocarbonyl (C=S) groups is 1. The zero-order valence-electron chi connectivity index (χ0n) is 10.0. The van der Waals surface area contributed by atoms with Gasteiger partial charge in [-0.2, -0.15) is 0 Å². The Morgan fingerprint density at radius 2 is 2.33 bits per heavy atom. The molecule has 3 N–H and O–H groups in total. The molecule has 0 radical (unpaired) electrons. The quantitative estimate of drug-likeness (QED) is 0.801. The first-order valence-corrected chi connectivity index (χ1v) is 6.04. The second-order valence-corrected chi connectivity index (χ2v) is 4.14. The highest BCUT2D eigenvalue weighted by molar-refractivity contribution is 7.80. The zero-order chi connectivity index (χ0) is 13.0. The summed E-state index contributed by atoms with van der Waals surface area (Å²) < 4.78 is 5.48. The molecule has 0 atom stereocenters. The van der Waals surface area contributed by atoms with E-state index in [4.69, 9.17) is 22.4 Å². The van der Waals surface area contributed by atoms with Crippen LogP contribution in [-0.2, 0) is 13.0 Å². The lowest BCUT2D eigenvalue weighted by Gasteiger charge is -2.04. The fourth-order valence-electron chi connectivity index (χ4n) is 1.43. The first kappa shape index (κ1) is 12.5. The molecular formula is C12H14N4OS. The van der Waals surface area contributed by atoms with E-state index in [1.807, 2.05) is 19.1 Å². The smallest absolute Gasteiger partial charge is 0.213 e. The van der Waals surface area contributed by atoms with E-state index >= 15 is 0 Å². The molecule has 2 aromatic rings. The summed E-state index contributed by atoms with van der Waals surface area (Å²) in [5, 5.41) is 3.11. The van der Waals surface area contributed by atoms with Crippen LogP contribution in [0, 0.1) is 0 Å². The minimum Gasteiger partial charge on any atom is -0.444 e. The van der Waals surface area contributed by atoms with Crippen molar-refractivity contribution in [3.05, 3.63) is 41.7 Å². The lowest BCUT2D eigenvalue weighted by molar-refractivity contribution is 0.465. The Hall–Kier alpha value is -1.95. The van der Waals surface area contributed by atoms with Crippen LogP contribution in [0.5, 0.6) is 0 Å². The molecular weight excluding hydrogens is 248 g/mol. The molecule has 0 fully saturated rings. The number of oxazole rings is 1. The summed E-state index contributed by atoms with van der Waals surface area (Å²) >= 11 is 4.87. The van der Waals surface area contributed by atoms with Gasteiger partial charge in [0.25, 0.3) is 0 Å². The average molecular weight is 262 g/mol. The lowest BCUT2D eigenvalue weighted by Crippen LogP contribution is -2.12. The first-order valence-electron chi connectivity index (χ1n) is 5.63. The molecule has 0 unspecified atom stereocenters. The second-order valence-electron chi connectivity index (χ2n) is 3.70. The molecule has 2 aromatic heterocycles. The van der Waals surface area contributed by atoms with Crippen molar-refractivity contribution < 1.29 is 4.42 Å². The number of nitrogens with two attached hydrogens (primary N) is 1. The van der Waals surface area contributed by atoms with Crippen molar-refractivity contribution in [1.82, 2.24) is 9.97 Å². The maximum atomic E-state index is 5.52. The van der Waals surface area contributed by atoms with Crippen LogP contribution in [0.25, 0.3) is 0 Å². The molecule has 0 amide bonds. The predicted molar refractivity (Wildman–Crippen MR) is 73.3 cm³/mol. The highest BCUT2D eigenvalue weighted by Crippen LogP contribution is 2.09. The number of hydrogen-bond acceptors (Lipinski definition) is 5. The van der Waals surface area contributed by atoms with Crippen LogP contribution >= 0.6 is 12.2 Å². The number of rotatable bonds is 5. The third kappa shape index (κ3) is 3.04. The van der Waals surface area contributed by atoms with Crippen molar-refractivity contribution in [1.29, 1.82) is 0 Å². The Morgan fingerprint density at radius 1 is 1.50 bits per heavy atom. The fraction of sp³-hybridized carbons (Fsp3) is 0.250. The maximum absolute atomic E-state index is 5.52. The molecule has 2 heterocycles. The van der Waals surface area contributed by atoms with Gasteiger partial charge in [-0.25, -0.2) is 9.97 Å². The number of aryl methyl sites for hydroxylation is 1. The Labute approximate surface area is 110 Å². The molecule has 0 spiro atoms. The molecule has 2 rings (SSSR count). The summed E-state index contributed by atoms with van der Waals surface area (Å²) in [5.74, 6) is 2.20. The van der Waals surface area contributed by atoms with E-state index in [0.717, 1.165) is 12.2 Å². The van der Waals surface area contributed by atoms with Gasteiger partial charge < -0.3 is 15.5 Å². The van der Waals surface area contributed by atoms with Crippen LogP contribution in [0.3, 0.4) is 0 Å². The third-order valence-electron chi connectivity index (χ3n) is 2.37. The van der Waals surface area contributed by atoms with Crippen molar-refractivity contribution in [2.24, 2.45) is 5.73 Å². The van der Waals surface area contributed by atoms with E-state index in [9.17, 15) is 0 Å². The minimum absolute atomic E-state index is 0.281. The number of anilines is 1. The summed E-state index contributed by atoms with van der Waals surface area (Å²) in [5.41, 5.74) is 6.12. The number of hydrogen-bond donors (Lipinski definition) is 2. The highest BCUT2D eigenvalue weighted by Gasteiger charge is 2.04. The normalized spacial score (nSPS) is 10.3. The zero-order valence-corrected chi connectivity index (χ0v) is 10.8. The molecule has 94 valence electrons. The van der Waals surface area contributed by atoms with Gasteiger partial charge in [-0.1, -0.05) is 25.2 Å². The SMILES string of the molecule is CCc1cnc(CNc2cccc(C(N)=S)n2)o1. The average Bonchev–Trinajstić information content (AvgIpc) is 2.84. The number of aromatic nitrogens is 2. The highest BCUT2D eigenvalue weighted by atomic mass is 32.1. The molecule has 0 bridgehead atoms. The van der Waals surface area contributed by atoms with Gasteiger partial charge in [0.1, 0.15) is 16.6 Å². The Bertz CT molecular complexity index is 553. The largest absolute Gasteiger partial charge is 0.444 e. The predicted octanol–water partition coefficient (Wildman–Crippen LogP) is 1.88. The van der Waals surface area contributed by atoms with Crippen molar-refractivity contribution in [2.75, 3.05) is 5.32 Å². The van der Waals surface area contributed by atoms with Gasteiger partial charge in [-0.15, -0.1) is 0 Å². The van der Waals surface area contributed by atoms with Crippen molar-refractivity contribution in [3.63, 3.8) is 0 Å². The maximum Gasteiger partial charge on any atom is 0.213 e. The number of nitrogens with zero attached hydrogens (tertiary/aromatic N) is 2. The minimum atomic E-state index is 0.281. The van der Waals surface area contributed by atoms with Gasteiger partial charge in [0.2, 0.25) is 5.89 Å². The summed E-state index contributed by atoms with van der Waals surface area (Å²) in [7, 11) is 0. The van der Waals surface area contributed by atoms with E-state index in [1.165, 1.54) is 0 Å². The molecule has 0 aromatic carbocycles. The van der Waals surface area contributed by atoms with Gasteiger partial charge in [-0.05, 0) is 12.1 Å². The van der Waals surface area contributed by atoms with Gasteiger partial charge in [0.05, 0.1) is 18.4 Å². The molecule has 18 heavy (non-hydrogen) atoms. The van der Waals surface area contributed by atoms with E-state index in [0.29, 0.717) is 23.9 Å². The van der Waals surface area contributed by atoms with Gasteiger partial charge in [0, 0.05) is 6.42 Å². The van der Waals surface area contributed by atoms with Crippen LogP contribution in [0.2, 0.25) is 0 Å². The Morgan fingerprint density at radius 3 is 3.00 bits per heavy atom. The lowest BCUT2D eigenvalue weighted by atomic mass is 10.3. The van der Waals surface area contributed by atoms with Gasteiger partial charge in [0.15, 0.2) is 0 Å². The third-order valence-corrected chi connectivity index (χ3v) is 2.58.